The SMILES string of the molecule is CC1CCCN(c2ccc([C@H](C)O)cc2Br)C1. The van der Waals surface area contributed by atoms with Crippen LogP contribution in [0.3, 0.4) is 0 Å². The second kappa shape index (κ2) is 5.40. The molecule has 94 valence electrons. The monoisotopic (exact) mass is 297 g/mol. The molecule has 2 nitrogen and oxygen atoms in total. The first kappa shape index (κ1) is 12.9. The minimum atomic E-state index is -0.402. The molecule has 0 aromatic heterocycles. The molecule has 1 N–H and O–H groups in total. The summed E-state index contributed by atoms with van der Waals surface area (Å²) < 4.78 is 1.09. The Morgan fingerprint density at radius 2 is 2.24 bits per heavy atom. The summed E-state index contributed by atoms with van der Waals surface area (Å²) in [5.41, 5.74) is 2.21. The lowest BCUT2D eigenvalue weighted by Gasteiger charge is -2.33. The first-order valence-corrected chi connectivity index (χ1v) is 7.09. The van der Waals surface area contributed by atoms with Crippen molar-refractivity contribution in [3.8, 4) is 0 Å². The van der Waals surface area contributed by atoms with Gasteiger partial charge in [-0.2, -0.15) is 0 Å². The maximum Gasteiger partial charge on any atom is 0.0762 e. The third-order valence-corrected chi connectivity index (χ3v) is 4.09. The minimum absolute atomic E-state index is 0.402. The Labute approximate surface area is 112 Å². The maximum absolute atomic E-state index is 9.56. The number of benzene rings is 1. The Balaban J connectivity index is 2.21. The van der Waals surface area contributed by atoms with Crippen molar-refractivity contribution >= 4 is 21.6 Å². The Hall–Kier alpha value is -0.540. The van der Waals surface area contributed by atoms with Crippen LogP contribution in [0.4, 0.5) is 5.69 Å². The molecule has 1 heterocycles. The number of aliphatic hydroxyl groups excluding tert-OH is 1. The van der Waals surface area contributed by atoms with Gasteiger partial charge in [0, 0.05) is 17.6 Å². The average molecular weight is 298 g/mol. The predicted molar refractivity (Wildman–Crippen MR) is 75.4 cm³/mol. The fourth-order valence-electron chi connectivity index (χ4n) is 2.45. The van der Waals surface area contributed by atoms with E-state index < -0.39 is 6.10 Å². The van der Waals surface area contributed by atoms with Crippen LogP contribution >= 0.6 is 15.9 Å². The van der Waals surface area contributed by atoms with Gasteiger partial charge in [-0.25, -0.2) is 0 Å². The van der Waals surface area contributed by atoms with E-state index >= 15 is 0 Å². The van der Waals surface area contributed by atoms with E-state index in [1.54, 1.807) is 6.92 Å². The number of nitrogens with zero attached hydrogens (tertiary/aromatic N) is 1. The molecule has 1 saturated heterocycles. The maximum atomic E-state index is 9.56. The average Bonchev–Trinajstić information content (AvgIpc) is 2.28. The predicted octanol–water partition coefficient (Wildman–Crippen LogP) is 3.74. The van der Waals surface area contributed by atoms with Gasteiger partial charge < -0.3 is 10.0 Å². The van der Waals surface area contributed by atoms with Gasteiger partial charge in [0.2, 0.25) is 0 Å². The molecule has 1 aromatic rings. The highest BCUT2D eigenvalue weighted by Crippen LogP contribution is 2.32. The molecule has 17 heavy (non-hydrogen) atoms. The summed E-state index contributed by atoms with van der Waals surface area (Å²) in [4.78, 5) is 2.43. The molecule has 0 spiro atoms. The van der Waals surface area contributed by atoms with Crippen LogP contribution in [-0.4, -0.2) is 18.2 Å². The number of halogens is 1. The summed E-state index contributed by atoms with van der Waals surface area (Å²) in [6.45, 7) is 6.37. The number of hydrogen-bond acceptors (Lipinski definition) is 2. The summed E-state index contributed by atoms with van der Waals surface area (Å²) in [5, 5.41) is 9.56. The van der Waals surface area contributed by atoms with Crippen molar-refractivity contribution in [2.45, 2.75) is 32.8 Å². The zero-order valence-electron chi connectivity index (χ0n) is 10.5. The molecule has 1 aliphatic heterocycles. The summed E-state index contributed by atoms with van der Waals surface area (Å²) in [7, 11) is 0. The van der Waals surface area contributed by atoms with Crippen LogP contribution in [-0.2, 0) is 0 Å². The fraction of sp³-hybridized carbons (Fsp3) is 0.571. The van der Waals surface area contributed by atoms with Crippen LogP contribution in [0.25, 0.3) is 0 Å². The minimum Gasteiger partial charge on any atom is -0.389 e. The smallest absolute Gasteiger partial charge is 0.0762 e. The Bertz CT molecular complexity index is 392. The van der Waals surface area contributed by atoms with Gasteiger partial charge in [-0.1, -0.05) is 13.0 Å². The van der Waals surface area contributed by atoms with E-state index in [2.05, 4.69) is 33.8 Å². The Morgan fingerprint density at radius 1 is 1.47 bits per heavy atom. The van der Waals surface area contributed by atoms with E-state index in [-0.39, 0.29) is 0 Å². The lowest BCUT2D eigenvalue weighted by Crippen LogP contribution is -2.34. The third-order valence-electron chi connectivity index (χ3n) is 3.45. The second-order valence-electron chi connectivity index (χ2n) is 5.08. The Morgan fingerprint density at radius 3 is 2.82 bits per heavy atom. The molecule has 0 bridgehead atoms. The Kier molecular flexibility index (Phi) is 4.10. The van der Waals surface area contributed by atoms with Crippen molar-refractivity contribution in [1.82, 2.24) is 0 Å². The number of anilines is 1. The van der Waals surface area contributed by atoms with Gasteiger partial charge in [0.05, 0.1) is 11.8 Å². The van der Waals surface area contributed by atoms with Crippen LogP contribution < -0.4 is 4.90 Å². The number of rotatable bonds is 2. The molecule has 1 unspecified atom stereocenters. The molecular formula is C14H20BrNO. The van der Waals surface area contributed by atoms with E-state index in [1.165, 1.54) is 18.5 Å². The lowest BCUT2D eigenvalue weighted by atomic mass is 9.99. The number of aliphatic hydroxyl groups is 1. The summed E-state index contributed by atoms with van der Waals surface area (Å²) in [6, 6.07) is 6.16. The van der Waals surface area contributed by atoms with Crippen molar-refractivity contribution in [2.24, 2.45) is 5.92 Å². The molecular weight excluding hydrogens is 278 g/mol. The quantitative estimate of drug-likeness (QED) is 0.899. The fourth-order valence-corrected chi connectivity index (χ4v) is 3.09. The van der Waals surface area contributed by atoms with E-state index in [9.17, 15) is 5.11 Å². The molecule has 1 fully saturated rings. The summed E-state index contributed by atoms with van der Waals surface area (Å²) in [5.74, 6) is 0.770. The summed E-state index contributed by atoms with van der Waals surface area (Å²) >= 11 is 3.62. The van der Waals surface area contributed by atoms with Gasteiger partial charge in [-0.15, -0.1) is 0 Å². The molecule has 3 heteroatoms. The molecule has 1 aliphatic rings. The first-order chi connectivity index (χ1) is 8.08. The van der Waals surface area contributed by atoms with Crippen LogP contribution in [0.5, 0.6) is 0 Å². The highest BCUT2D eigenvalue weighted by Gasteiger charge is 2.18. The van der Waals surface area contributed by atoms with Gasteiger partial charge >= 0.3 is 0 Å². The molecule has 0 aliphatic carbocycles. The molecule has 0 saturated carbocycles. The largest absolute Gasteiger partial charge is 0.389 e. The lowest BCUT2D eigenvalue weighted by molar-refractivity contribution is 0.199. The summed E-state index contributed by atoms with van der Waals surface area (Å²) in [6.07, 6.45) is 2.20. The van der Waals surface area contributed by atoms with E-state index in [0.29, 0.717) is 0 Å². The van der Waals surface area contributed by atoms with Crippen molar-refractivity contribution in [3.63, 3.8) is 0 Å². The number of hydrogen-bond donors (Lipinski definition) is 1. The van der Waals surface area contributed by atoms with E-state index in [1.807, 2.05) is 12.1 Å². The zero-order chi connectivity index (χ0) is 12.4. The first-order valence-electron chi connectivity index (χ1n) is 6.30. The van der Waals surface area contributed by atoms with Crippen LogP contribution in [0.2, 0.25) is 0 Å². The van der Waals surface area contributed by atoms with Crippen LogP contribution in [0.1, 0.15) is 38.4 Å². The molecule has 2 atom stereocenters. The van der Waals surface area contributed by atoms with E-state index in [4.69, 9.17) is 0 Å². The van der Waals surface area contributed by atoms with Crippen molar-refractivity contribution in [1.29, 1.82) is 0 Å². The van der Waals surface area contributed by atoms with Crippen LogP contribution in [0, 0.1) is 5.92 Å². The van der Waals surface area contributed by atoms with Crippen molar-refractivity contribution in [2.75, 3.05) is 18.0 Å². The van der Waals surface area contributed by atoms with Gasteiger partial charge in [0.25, 0.3) is 0 Å². The standard InChI is InChI=1S/C14H20BrNO/c1-10-4-3-7-16(9-10)14-6-5-12(11(2)17)8-13(14)15/h5-6,8,10-11,17H,3-4,7,9H2,1-2H3/t10?,11-/m0/s1. The number of piperidine rings is 1. The van der Waals surface area contributed by atoms with Gasteiger partial charge in [-0.05, 0) is 59.3 Å². The molecule has 1 aromatic carbocycles. The molecule has 2 rings (SSSR count). The highest BCUT2D eigenvalue weighted by atomic mass is 79.9. The van der Waals surface area contributed by atoms with Crippen LogP contribution in [0.15, 0.2) is 22.7 Å². The van der Waals surface area contributed by atoms with Crippen molar-refractivity contribution in [3.05, 3.63) is 28.2 Å². The third kappa shape index (κ3) is 3.02. The topological polar surface area (TPSA) is 23.5 Å². The van der Waals surface area contributed by atoms with Gasteiger partial charge in [-0.3, -0.25) is 0 Å². The molecule has 0 radical (unpaired) electrons. The van der Waals surface area contributed by atoms with Crippen molar-refractivity contribution < 1.29 is 5.11 Å². The van der Waals surface area contributed by atoms with Gasteiger partial charge in [0.15, 0.2) is 0 Å². The van der Waals surface area contributed by atoms with Gasteiger partial charge in [0.1, 0.15) is 0 Å². The molecule has 0 amide bonds. The van der Waals surface area contributed by atoms with E-state index in [0.717, 1.165) is 29.0 Å². The second-order valence-corrected chi connectivity index (χ2v) is 5.93. The zero-order valence-corrected chi connectivity index (χ0v) is 12.1. The highest BCUT2D eigenvalue weighted by molar-refractivity contribution is 9.10. The normalized spacial score (nSPS) is 22.6.